The van der Waals surface area contributed by atoms with Gasteiger partial charge in [0.05, 0.1) is 8.45 Å². The molecule has 0 bridgehead atoms. The molecule has 1 aromatic heterocycles. The largest absolute Gasteiger partial charge is 0.340 e. The van der Waals surface area contributed by atoms with Crippen LogP contribution < -0.4 is 0 Å². The molecule has 2 heterocycles. The maximum atomic E-state index is 12.3. The van der Waals surface area contributed by atoms with Crippen molar-refractivity contribution >= 4 is 39.8 Å². The standard InChI is InChI=1S/C15H24IN3OS/c1-17-6-4-13(5-7-17)18(2)8-9-19(3)15(20)12-10-14(16)21-11-12/h10-11,13H,4-9H2,1-3H3. The summed E-state index contributed by atoms with van der Waals surface area (Å²) < 4.78 is 1.16. The van der Waals surface area contributed by atoms with Crippen molar-refractivity contribution in [3.05, 3.63) is 19.9 Å². The second kappa shape index (κ2) is 7.89. The van der Waals surface area contributed by atoms with Gasteiger partial charge >= 0.3 is 0 Å². The average molecular weight is 421 g/mol. The van der Waals surface area contributed by atoms with Gasteiger partial charge in [0, 0.05) is 31.6 Å². The molecule has 1 aromatic rings. The molecule has 1 aliphatic heterocycles. The van der Waals surface area contributed by atoms with Crippen LogP contribution >= 0.6 is 33.9 Å². The van der Waals surface area contributed by atoms with Crippen LogP contribution in [-0.2, 0) is 0 Å². The summed E-state index contributed by atoms with van der Waals surface area (Å²) in [6.45, 7) is 4.08. The maximum absolute atomic E-state index is 12.3. The number of nitrogens with zero attached hydrogens (tertiary/aromatic N) is 3. The Bertz CT molecular complexity index is 471. The molecule has 0 spiro atoms. The molecule has 0 aliphatic carbocycles. The van der Waals surface area contributed by atoms with Crippen LogP contribution in [0.1, 0.15) is 23.2 Å². The van der Waals surface area contributed by atoms with Gasteiger partial charge in [0.1, 0.15) is 0 Å². The Labute approximate surface area is 145 Å². The second-order valence-electron chi connectivity index (χ2n) is 5.88. The second-order valence-corrected chi connectivity index (χ2v) is 8.69. The van der Waals surface area contributed by atoms with Crippen LogP contribution in [0.25, 0.3) is 0 Å². The third-order valence-electron chi connectivity index (χ3n) is 4.26. The van der Waals surface area contributed by atoms with E-state index in [0.717, 1.165) is 21.5 Å². The zero-order chi connectivity index (χ0) is 15.4. The van der Waals surface area contributed by atoms with Crippen LogP contribution in [0.2, 0.25) is 0 Å². The Kier molecular flexibility index (Phi) is 6.46. The first kappa shape index (κ1) is 17.2. The first-order valence-corrected chi connectivity index (χ1v) is 9.31. The molecule has 0 unspecified atom stereocenters. The number of carbonyl (C=O) groups excluding carboxylic acids is 1. The van der Waals surface area contributed by atoms with Crippen molar-refractivity contribution in [3.63, 3.8) is 0 Å². The fraction of sp³-hybridized carbons (Fsp3) is 0.667. The van der Waals surface area contributed by atoms with Gasteiger partial charge in [-0.05, 0) is 68.7 Å². The average Bonchev–Trinajstić information content (AvgIpc) is 2.91. The minimum absolute atomic E-state index is 0.131. The van der Waals surface area contributed by atoms with Crippen molar-refractivity contribution in [3.8, 4) is 0 Å². The van der Waals surface area contributed by atoms with Crippen molar-refractivity contribution in [1.29, 1.82) is 0 Å². The van der Waals surface area contributed by atoms with Gasteiger partial charge in [0.2, 0.25) is 0 Å². The molecule has 0 aromatic carbocycles. The van der Waals surface area contributed by atoms with Crippen LogP contribution in [0.15, 0.2) is 11.4 Å². The number of amides is 1. The number of likely N-dealkylation sites (tertiary alicyclic amines) is 1. The van der Waals surface area contributed by atoms with E-state index in [1.165, 1.54) is 25.9 Å². The summed E-state index contributed by atoms with van der Waals surface area (Å²) in [7, 11) is 6.27. The van der Waals surface area contributed by atoms with E-state index >= 15 is 0 Å². The molecule has 6 heteroatoms. The van der Waals surface area contributed by atoms with Crippen molar-refractivity contribution < 1.29 is 4.79 Å². The summed E-state index contributed by atoms with van der Waals surface area (Å²) in [4.78, 5) is 18.9. The van der Waals surface area contributed by atoms with Crippen molar-refractivity contribution in [1.82, 2.24) is 14.7 Å². The molecule has 4 nitrogen and oxygen atoms in total. The van der Waals surface area contributed by atoms with Crippen molar-refractivity contribution in [2.24, 2.45) is 0 Å². The first-order chi connectivity index (χ1) is 9.97. The molecule has 0 N–H and O–H groups in total. The maximum Gasteiger partial charge on any atom is 0.254 e. The summed E-state index contributed by atoms with van der Waals surface area (Å²) in [5.74, 6) is 0.131. The highest BCUT2D eigenvalue weighted by molar-refractivity contribution is 14.1. The minimum Gasteiger partial charge on any atom is -0.340 e. The number of rotatable bonds is 5. The molecule has 0 saturated carbocycles. The van der Waals surface area contributed by atoms with Gasteiger partial charge < -0.3 is 14.7 Å². The molecule has 1 aliphatic rings. The first-order valence-electron chi connectivity index (χ1n) is 7.35. The summed E-state index contributed by atoms with van der Waals surface area (Å²) in [5.41, 5.74) is 0.814. The SMILES string of the molecule is CN1CCC(N(C)CCN(C)C(=O)c2csc(I)c2)CC1. The lowest BCUT2D eigenvalue weighted by Crippen LogP contribution is -2.44. The highest BCUT2D eigenvalue weighted by atomic mass is 127. The number of hydrogen-bond donors (Lipinski definition) is 0. The van der Waals surface area contributed by atoms with E-state index in [1.807, 2.05) is 23.4 Å². The minimum atomic E-state index is 0.131. The van der Waals surface area contributed by atoms with E-state index < -0.39 is 0 Å². The van der Waals surface area contributed by atoms with Crippen molar-refractivity contribution in [2.45, 2.75) is 18.9 Å². The van der Waals surface area contributed by atoms with E-state index in [4.69, 9.17) is 0 Å². The van der Waals surface area contributed by atoms with Crippen LogP contribution in [0.5, 0.6) is 0 Å². The molecule has 0 atom stereocenters. The quantitative estimate of drug-likeness (QED) is 0.684. The van der Waals surface area contributed by atoms with E-state index in [2.05, 4.69) is 46.5 Å². The normalized spacial score (nSPS) is 17.4. The topological polar surface area (TPSA) is 26.8 Å². The highest BCUT2D eigenvalue weighted by Gasteiger charge is 2.21. The van der Waals surface area contributed by atoms with Gasteiger partial charge in [0.25, 0.3) is 5.91 Å². The summed E-state index contributed by atoms with van der Waals surface area (Å²) >= 11 is 3.88. The summed E-state index contributed by atoms with van der Waals surface area (Å²) in [6.07, 6.45) is 2.46. The molecule has 1 saturated heterocycles. The number of halogens is 1. The molecule has 1 fully saturated rings. The van der Waals surface area contributed by atoms with Crippen LogP contribution in [0.4, 0.5) is 0 Å². The smallest absolute Gasteiger partial charge is 0.254 e. The molecule has 118 valence electrons. The monoisotopic (exact) mass is 421 g/mol. The number of carbonyl (C=O) groups is 1. The summed E-state index contributed by atoms with van der Waals surface area (Å²) in [5, 5.41) is 1.95. The Hall–Kier alpha value is -0.180. The number of thiophene rings is 1. The molecule has 1 amide bonds. The van der Waals surface area contributed by atoms with Gasteiger partial charge in [-0.25, -0.2) is 0 Å². The van der Waals surface area contributed by atoms with E-state index in [-0.39, 0.29) is 5.91 Å². The summed E-state index contributed by atoms with van der Waals surface area (Å²) in [6, 6.07) is 2.62. The lowest BCUT2D eigenvalue weighted by Gasteiger charge is -2.35. The predicted molar refractivity (Wildman–Crippen MR) is 97.1 cm³/mol. The van der Waals surface area contributed by atoms with Crippen LogP contribution in [0.3, 0.4) is 0 Å². The fourth-order valence-corrected chi connectivity index (χ4v) is 3.99. The van der Waals surface area contributed by atoms with Gasteiger partial charge in [-0.3, -0.25) is 4.79 Å². The fourth-order valence-electron chi connectivity index (χ4n) is 2.67. The van der Waals surface area contributed by atoms with Gasteiger partial charge in [-0.15, -0.1) is 11.3 Å². The third-order valence-corrected chi connectivity index (χ3v) is 6.05. The predicted octanol–water partition coefficient (Wildman–Crippen LogP) is 2.45. The Morgan fingerprint density at radius 3 is 2.62 bits per heavy atom. The van der Waals surface area contributed by atoms with Gasteiger partial charge in [0.15, 0.2) is 0 Å². The Morgan fingerprint density at radius 2 is 2.05 bits per heavy atom. The molecular formula is C15H24IN3OS. The van der Waals surface area contributed by atoms with E-state index in [9.17, 15) is 4.79 Å². The number of hydrogen-bond acceptors (Lipinski definition) is 4. The lowest BCUT2D eigenvalue weighted by molar-refractivity contribution is 0.0759. The Morgan fingerprint density at radius 1 is 1.38 bits per heavy atom. The van der Waals surface area contributed by atoms with E-state index in [0.29, 0.717) is 6.04 Å². The Balaban J connectivity index is 1.78. The molecule has 2 rings (SSSR count). The zero-order valence-electron chi connectivity index (χ0n) is 13.0. The molecule has 0 radical (unpaired) electrons. The van der Waals surface area contributed by atoms with Gasteiger partial charge in [-0.2, -0.15) is 0 Å². The highest BCUT2D eigenvalue weighted by Crippen LogP contribution is 2.18. The zero-order valence-corrected chi connectivity index (χ0v) is 16.0. The van der Waals surface area contributed by atoms with Crippen LogP contribution in [-0.4, -0.2) is 74.0 Å². The van der Waals surface area contributed by atoms with Crippen LogP contribution in [0, 0.1) is 2.88 Å². The number of piperidine rings is 1. The van der Waals surface area contributed by atoms with Gasteiger partial charge in [-0.1, -0.05) is 0 Å². The lowest BCUT2D eigenvalue weighted by atomic mass is 10.0. The van der Waals surface area contributed by atoms with Crippen molar-refractivity contribution in [2.75, 3.05) is 47.3 Å². The third kappa shape index (κ3) is 4.91. The number of likely N-dealkylation sites (N-methyl/N-ethyl adjacent to an activating group) is 2. The van der Waals surface area contributed by atoms with E-state index in [1.54, 1.807) is 11.3 Å². The molecular weight excluding hydrogens is 397 g/mol. The molecule has 21 heavy (non-hydrogen) atoms.